The molecule has 0 saturated carbocycles. The summed E-state index contributed by atoms with van der Waals surface area (Å²) in [6.45, 7) is 2.99. The summed E-state index contributed by atoms with van der Waals surface area (Å²) in [5, 5.41) is 0. The molecule has 0 N–H and O–H groups in total. The van der Waals surface area contributed by atoms with Gasteiger partial charge in [-0.2, -0.15) is 0 Å². The molecular formula is C10H12FNO. The number of carbonyl (C=O) groups excluding carboxylic acids is 1. The van der Waals surface area contributed by atoms with Gasteiger partial charge in [-0.25, -0.2) is 4.39 Å². The molecule has 0 heterocycles. The molecule has 0 unspecified atom stereocenters. The fourth-order valence-electron chi connectivity index (χ4n) is 1.09. The molecule has 0 saturated heterocycles. The zero-order chi connectivity index (χ0) is 9.68. The maximum absolute atomic E-state index is 12.7. The number of nitrogens with zero attached hydrogens (tertiary/aromatic N) is 1. The van der Waals surface area contributed by atoms with Gasteiger partial charge in [-0.15, -0.1) is 0 Å². The molecule has 0 aliphatic rings. The third kappa shape index (κ3) is 2.86. The Hall–Kier alpha value is -1.38. The molecule has 13 heavy (non-hydrogen) atoms. The van der Waals surface area contributed by atoms with Gasteiger partial charge in [-0.3, -0.25) is 4.79 Å². The summed E-state index contributed by atoms with van der Waals surface area (Å²) < 4.78 is 12.7. The Balaban J connectivity index is 2.67. The molecule has 1 aromatic carbocycles. The second kappa shape index (κ2) is 4.60. The number of hydrogen-bond donors (Lipinski definition) is 0. The van der Waals surface area contributed by atoms with E-state index >= 15 is 0 Å². The largest absolute Gasteiger partial charge is 0.341 e. The summed E-state index contributed by atoms with van der Waals surface area (Å²) in [6.07, 6.45) is 0.769. The zero-order valence-electron chi connectivity index (χ0n) is 7.53. The fraction of sp³-hybridized carbons (Fsp3) is 0.300. The van der Waals surface area contributed by atoms with E-state index in [1.54, 1.807) is 17.0 Å². The van der Waals surface area contributed by atoms with E-state index in [-0.39, 0.29) is 5.82 Å². The van der Waals surface area contributed by atoms with Crippen molar-refractivity contribution in [3.05, 3.63) is 35.6 Å². The average Bonchev–Trinajstić information content (AvgIpc) is 2.14. The number of hydrogen-bond acceptors (Lipinski definition) is 1. The summed E-state index contributed by atoms with van der Waals surface area (Å²) in [7, 11) is 0. The van der Waals surface area contributed by atoms with Crippen molar-refractivity contribution in [3.63, 3.8) is 0 Å². The van der Waals surface area contributed by atoms with Crippen molar-refractivity contribution in [2.75, 3.05) is 6.54 Å². The monoisotopic (exact) mass is 181 g/mol. The van der Waals surface area contributed by atoms with Crippen LogP contribution in [0, 0.1) is 5.82 Å². The molecule has 0 aliphatic carbocycles. The van der Waals surface area contributed by atoms with E-state index in [1.807, 2.05) is 6.92 Å². The Morgan fingerprint density at radius 3 is 2.85 bits per heavy atom. The van der Waals surface area contributed by atoms with Crippen molar-refractivity contribution in [2.24, 2.45) is 0 Å². The average molecular weight is 181 g/mol. The topological polar surface area (TPSA) is 20.3 Å². The Morgan fingerprint density at radius 2 is 2.31 bits per heavy atom. The highest BCUT2D eigenvalue weighted by molar-refractivity contribution is 5.47. The highest BCUT2D eigenvalue weighted by atomic mass is 19.1. The lowest BCUT2D eigenvalue weighted by molar-refractivity contribution is -0.118. The third-order valence-corrected chi connectivity index (χ3v) is 1.83. The number of carbonyl (C=O) groups is 1. The lowest BCUT2D eigenvalue weighted by Crippen LogP contribution is -2.20. The zero-order valence-corrected chi connectivity index (χ0v) is 7.53. The predicted octanol–water partition coefficient (Wildman–Crippen LogP) is 1.80. The first-order valence-electron chi connectivity index (χ1n) is 4.20. The van der Waals surface area contributed by atoms with E-state index in [9.17, 15) is 9.18 Å². The van der Waals surface area contributed by atoms with E-state index in [4.69, 9.17) is 0 Å². The Morgan fingerprint density at radius 1 is 1.54 bits per heavy atom. The highest BCUT2D eigenvalue weighted by Gasteiger charge is 2.00. The van der Waals surface area contributed by atoms with Crippen molar-refractivity contribution in [1.29, 1.82) is 0 Å². The van der Waals surface area contributed by atoms with Crippen LogP contribution in [0.25, 0.3) is 0 Å². The molecular weight excluding hydrogens is 169 g/mol. The summed E-state index contributed by atoms with van der Waals surface area (Å²) in [4.78, 5) is 12.0. The Kier molecular flexibility index (Phi) is 3.43. The highest BCUT2D eigenvalue weighted by Crippen LogP contribution is 2.05. The third-order valence-electron chi connectivity index (χ3n) is 1.83. The molecule has 0 atom stereocenters. The van der Waals surface area contributed by atoms with Crippen molar-refractivity contribution < 1.29 is 9.18 Å². The Labute approximate surface area is 77.0 Å². The molecule has 1 aromatic rings. The lowest BCUT2D eigenvalue weighted by atomic mass is 10.2. The van der Waals surface area contributed by atoms with Crippen LogP contribution in [-0.2, 0) is 11.3 Å². The first kappa shape index (κ1) is 9.71. The summed E-state index contributed by atoms with van der Waals surface area (Å²) in [5.41, 5.74) is 0.814. The quantitative estimate of drug-likeness (QED) is 0.648. The molecule has 0 aromatic heterocycles. The van der Waals surface area contributed by atoms with Crippen LogP contribution >= 0.6 is 0 Å². The second-order valence-corrected chi connectivity index (χ2v) is 2.80. The molecule has 2 nitrogen and oxygen atoms in total. The summed E-state index contributed by atoms with van der Waals surface area (Å²) >= 11 is 0. The van der Waals surface area contributed by atoms with Gasteiger partial charge in [0.2, 0.25) is 6.41 Å². The molecule has 70 valence electrons. The van der Waals surface area contributed by atoms with E-state index in [1.165, 1.54) is 12.1 Å². The minimum absolute atomic E-state index is 0.264. The molecule has 0 fully saturated rings. The lowest BCUT2D eigenvalue weighted by Gasteiger charge is -2.14. The molecule has 0 aliphatic heterocycles. The van der Waals surface area contributed by atoms with Crippen LogP contribution in [0.2, 0.25) is 0 Å². The van der Waals surface area contributed by atoms with Gasteiger partial charge in [0, 0.05) is 13.1 Å². The normalized spacial score (nSPS) is 9.69. The van der Waals surface area contributed by atoms with Gasteiger partial charge >= 0.3 is 0 Å². The molecule has 3 heteroatoms. The van der Waals surface area contributed by atoms with Crippen LogP contribution in [0.1, 0.15) is 12.5 Å². The summed E-state index contributed by atoms with van der Waals surface area (Å²) in [5.74, 6) is -0.264. The molecule has 0 bridgehead atoms. The smallest absolute Gasteiger partial charge is 0.209 e. The van der Waals surface area contributed by atoms with Crippen LogP contribution in [-0.4, -0.2) is 17.9 Å². The van der Waals surface area contributed by atoms with E-state index in [0.717, 1.165) is 12.0 Å². The standard InChI is InChI=1S/C10H12FNO/c1-2-12(8-13)7-9-4-3-5-10(11)6-9/h3-6,8H,2,7H2,1H3. The van der Waals surface area contributed by atoms with Crippen molar-refractivity contribution in [3.8, 4) is 0 Å². The van der Waals surface area contributed by atoms with Crippen LogP contribution < -0.4 is 0 Å². The molecule has 0 spiro atoms. The number of amides is 1. The maximum Gasteiger partial charge on any atom is 0.209 e. The predicted molar refractivity (Wildman–Crippen MR) is 48.5 cm³/mol. The van der Waals surface area contributed by atoms with E-state index in [0.29, 0.717) is 13.1 Å². The first-order valence-corrected chi connectivity index (χ1v) is 4.20. The van der Waals surface area contributed by atoms with Crippen molar-refractivity contribution in [1.82, 2.24) is 4.90 Å². The summed E-state index contributed by atoms with van der Waals surface area (Å²) in [6, 6.07) is 6.27. The van der Waals surface area contributed by atoms with Crippen LogP contribution in [0.4, 0.5) is 4.39 Å². The van der Waals surface area contributed by atoms with Gasteiger partial charge in [0.15, 0.2) is 0 Å². The minimum atomic E-state index is -0.264. The first-order chi connectivity index (χ1) is 6.26. The van der Waals surface area contributed by atoms with Gasteiger partial charge < -0.3 is 4.90 Å². The van der Waals surface area contributed by atoms with Crippen LogP contribution in [0.5, 0.6) is 0 Å². The second-order valence-electron chi connectivity index (χ2n) is 2.80. The molecule has 1 amide bonds. The number of halogens is 1. The van der Waals surface area contributed by atoms with E-state index in [2.05, 4.69) is 0 Å². The number of benzene rings is 1. The SMILES string of the molecule is CCN(C=O)Cc1cccc(F)c1. The van der Waals surface area contributed by atoms with Crippen molar-refractivity contribution in [2.45, 2.75) is 13.5 Å². The van der Waals surface area contributed by atoms with Crippen LogP contribution in [0.15, 0.2) is 24.3 Å². The fourth-order valence-corrected chi connectivity index (χ4v) is 1.09. The van der Waals surface area contributed by atoms with Gasteiger partial charge in [-0.05, 0) is 24.6 Å². The van der Waals surface area contributed by atoms with Gasteiger partial charge in [-0.1, -0.05) is 12.1 Å². The maximum atomic E-state index is 12.7. The Bertz CT molecular complexity index is 288. The van der Waals surface area contributed by atoms with E-state index < -0.39 is 0 Å². The molecule has 0 radical (unpaired) electrons. The van der Waals surface area contributed by atoms with Crippen LogP contribution in [0.3, 0.4) is 0 Å². The minimum Gasteiger partial charge on any atom is -0.341 e. The number of rotatable bonds is 4. The van der Waals surface area contributed by atoms with Gasteiger partial charge in [0.1, 0.15) is 5.82 Å². The van der Waals surface area contributed by atoms with Gasteiger partial charge in [0.25, 0.3) is 0 Å². The molecule has 1 rings (SSSR count). The van der Waals surface area contributed by atoms with Crippen molar-refractivity contribution >= 4 is 6.41 Å². The van der Waals surface area contributed by atoms with Gasteiger partial charge in [0.05, 0.1) is 0 Å².